The lowest BCUT2D eigenvalue weighted by molar-refractivity contribution is -0.122. The summed E-state index contributed by atoms with van der Waals surface area (Å²) in [5.74, 6) is -0.0427. The molecule has 1 rings (SSSR count). The molecule has 0 aromatic heterocycles. The third kappa shape index (κ3) is 4.21. The molecule has 0 unspecified atom stereocenters. The Balaban J connectivity index is 2.30. The number of likely N-dealkylation sites (tertiary alicyclic amines) is 1. The van der Waals surface area contributed by atoms with E-state index in [0.29, 0.717) is 19.5 Å². The summed E-state index contributed by atoms with van der Waals surface area (Å²) in [6.07, 6.45) is 3.91. The van der Waals surface area contributed by atoms with Crippen LogP contribution in [0.3, 0.4) is 0 Å². The molecule has 1 N–H and O–H groups in total. The molecule has 0 radical (unpaired) electrons. The first kappa shape index (κ1) is 14.8. The van der Waals surface area contributed by atoms with Crippen molar-refractivity contribution in [3.63, 3.8) is 0 Å². The number of carbonyl (C=O) groups is 1. The lowest BCUT2D eigenvalue weighted by Gasteiger charge is -2.35. The summed E-state index contributed by atoms with van der Waals surface area (Å²) in [7, 11) is 0. The van der Waals surface area contributed by atoms with Gasteiger partial charge in [-0.25, -0.2) is 0 Å². The van der Waals surface area contributed by atoms with Crippen LogP contribution in [0.4, 0.5) is 0 Å². The molecule has 1 amide bonds. The number of nitriles is 2. The van der Waals surface area contributed by atoms with Gasteiger partial charge in [-0.3, -0.25) is 9.69 Å². The maximum atomic E-state index is 11.6. The van der Waals surface area contributed by atoms with Gasteiger partial charge in [-0.15, -0.1) is 11.8 Å². The number of nitrogens with zero attached hydrogens (tertiary/aromatic N) is 3. The number of piperidine rings is 1. The molecular formula is C12H18N4OS. The molecule has 6 heteroatoms. The van der Waals surface area contributed by atoms with E-state index < -0.39 is 0 Å². The summed E-state index contributed by atoms with van der Waals surface area (Å²) in [6.45, 7) is 2.33. The highest BCUT2D eigenvalue weighted by molar-refractivity contribution is 8.00. The minimum absolute atomic E-state index is 0.0427. The van der Waals surface area contributed by atoms with Crippen molar-refractivity contribution >= 4 is 17.7 Å². The average molecular weight is 266 g/mol. The molecule has 0 aromatic rings. The molecule has 98 valence electrons. The fourth-order valence-electron chi connectivity index (χ4n) is 1.95. The summed E-state index contributed by atoms with van der Waals surface area (Å²) in [6, 6.07) is 4.37. The van der Waals surface area contributed by atoms with Gasteiger partial charge < -0.3 is 5.32 Å². The highest BCUT2D eigenvalue weighted by atomic mass is 32.2. The van der Waals surface area contributed by atoms with Crippen molar-refractivity contribution in [2.75, 3.05) is 32.4 Å². The van der Waals surface area contributed by atoms with Crippen molar-refractivity contribution in [3.8, 4) is 12.1 Å². The van der Waals surface area contributed by atoms with Gasteiger partial charge in [0.15, 0.2) is 0 Å². The van der Waals surface area contributed by atoms with E-state index in [0.717, 1.165) is 25.9 Å². The van der Waals surface area contributed by atoms with Crippen molar-refractivity contribution in [3.05, 3.63) is 0 Å². The second-order valence-corrected chi connectivity index (χ2v) is 5.53. The fourth-order valence-corrected chi connectivity index (χ4v) is 2.63. The Morgan fingerprint density at radius 1 is 1.44 bits per heavy atom. The Hall–Kier alpha value is -1.24. The van der Waals surface area contributed by atoms with E-state index in [4.69, 9.17) is 10.5 Å². The van der Waals surface area contributed by atoms with Gasteiger partial charge >= 0.3 is 0 Å². The molecule has 1 saturated heterocycles. The van der Waals surface area contributed by atoms with Gasteiger partial charge in [-0.2, -0.15) is 10.5 Å². The molecule has 5 nitrogen and oxygen atoms in total. The molecule has 1 heterocycles. The van der Waals surface area contributed by atoms with Gasteiger partial charge in [0.05, 0.1) is 25.1 Å². The topological polar surface area (TPSA) is 79.9 Å². The van der Waals surface area contributed by atoms with E-state index in [1.54, 1.807) is 11.8 Å². The maximum absolute atomic E-state index is 11.6. The summed E-state index contributed by atoms with van der Waals surface area (Å²) >= 11 is 1.61. The molecule has 1 aliphatic heterocycles. The molecule has 0 saturated carbocycles. The van der Waals surface area contributed by atoms with E-state index in [1.165, 1.54) is 0 Å². The highest BCUT2D eigenvalue weighted by Crippen LogP contribution is 2.33. The molecule has 0 aromatic carbocycles. The van der Waals surface area contributed by atoms with Crippen molar-refractivity contribution < 1.29 is 4.79 Å². The van der Waals surface area contributed by atoms with Crippen LogP contribution in [0.15, 0.2) is 0 Å². The molecule has 0 atom stereocenters. The van der Waals surface area contributed by atoms with Crippen LogP contribution in [-0.4, -0.2) is 48.0 Å². The SMILES string of the molecule is CSC1(C#N)CCN(CC(=O)NCCC#N)CC1. The van der Waals surface area contributed by atoms with Crippen molar-refractivity contribution in [1.82, 2.24) is 10.2 Å². The summed E-state index contributed by atoms with van der Waals surface area (Å²) < 4.78 is -0.270. The highest BCUT2D eigenvalue weighted by Gasteiger charge is 2.34. The lowest BCUT2D eigenvalue weighted by atomic mass is 9.97. The van der Waals surface area contributed by atoms with E-state index >= 15 is 0 Å². The van der Waals surface area contributed by atoms with Gasteiger partial charge in [-0.1, -0.05) is 0 Å². The summed E-state index contributed by atoms with van der Waals surface area (Å²) in [5.41, 5.74) is 0. The normalized spacial score (nSPS) is 18.6. The minimum Gasteiger partial charge on any atom is -0.354 e. The molecule has 0 spiro atoms. The predicted molar refractivity (Wildman–Crippen MR) is 70.8 cm³/mol. The van der Waals surface area contributed by atoms with E-state index in [-0.39, 0.29) is 10.7 Å². The summed E-state index contributed by atoms with van der Waals surface area (Å²) in [5, 5.41) is 20.2. The first-order valence-corrected chi connectivity index (χ1v) is 7.20. The average Bonchev–Trinajstić information content (AvgIpc) is 2.40. The quantitative estimate of drug-likeness (QED) is 0.742. The number of nitrogens with one attached hydrogen (secondary N) is 1. The van der Waals surface area contributed by atoms with Gasteiger partial charge in [0.2, 0.25) is 5.91 Å². The van der Waals surface area contributed by atoms with Crippen molar-refractivity contribution in [2.45, 2.75) is 24.0 Å². The van der Waals surface area contributed by atoms with Crippen LogP contribution in [0.5, 0.6) is 0 Å². The van der Waals surface area contributed by atoms with Gasteiger partial charge in [0.25, 0.3) is 0 Å². The van der Waals surface area contributed by atoms with Crippen LogP contribution in [0.1, 0.15) is 19.3 Å². The zero-order valence-electron chi connectivity index (χ0n) is 10.6. The van der Waals surface area contributed by atoms with Gasteiger partial charge in [0, 0.05) is 19.6 Å². The third-order valence-electron chi connectivity index (χ3n) is 3.18. The Bertz CT molecular complexity index is 363. The smallest absolute Gasteiger partial charge is 0.234 e. The third-order valence-corrected chi connectivity index (χ3v) is 4.47. The fraction of sp³-hybridized carbons (Fsp3) is 0.750. The van der Waals surface area contributed by atoms with Crippen LogP contribution >= 0.6 is 11.8 Å². The van der Waals surface area contributed by atoms with Crippen molar-refractivity contribution in [1.29, 1.82) is 10.5 Å². The molecule has 18 heavy (non-hydrogen) atoms. The second kappa shape index (κ2) is 7.25. The first-order chi connectivity index (χ1) is 8.65. The van der Waals surface area contributed by atoms with Crippen LogP contribution in [-0.2, 0) is 4.79 Å². The minimum atomic E-state index is -0.270. The van der Waals surface area contributed by atoms with E-state index in [1.807, 2.05) is 12.3 Å². The van der Waals surface area contributed by atoms with Gasteiger partial charge in [-0.05, 0) is 19.1 Å². The Labute approximate surface area is 112 Å². The number of hydrogen-bond donors (Lipinski definition) is 1. The van der Waals surface area contributed by atoms with E-state index in [2.05, 4.69) is 16.3 Å². The molecule has 0 aliphatic carbocycles. The zero-order valence-corrected chi connectivity index (χ0v) is 11.4. The largest absolute Gasteiger partial charge is 0.354 e. The molecule has 1 fully saturated rings. The monoisotopic (exact) mass is 266 g/mol. The second-order valence-electron chi connectivity index (χ2n) is 4.34. The number of carbonyl (C=O) groups excluding carboxylic acids is 1. The van der Waals surface area contributed by atoms with Crippen LogP contribution < -0.4 is 5.32 Å². The summed E-state index contributed by atoms with van der Waals surface area (Å²) in [4.78, 5) is 13.6. The molecule has 0 bridgehead atoms. The molecule has 1 aliphatic rings. The number of thioether (sulfide) groups is 1. The lowest BCUT2D eigenvalue weighted by Crippen LogP contribution is -2.45. The van der Waals surface area contributed by atoms with Crippen LogP contribution in [0, 0.1) is 22.7 Å². The number of rotatable bonds is 5. The maximum Gasteiger partial charge on any atom is 0.234 e. The first-order valence-electron chi connectivity index (χ1n) is 5.98. The Morgan fingerprint density at radius 2 is 2.11 bits per heavy atom. The predicted octanol–water partition coefficient (Wildman–Crippen LogP) is 0.737. The number of amides is 1. The Morgan fingerprint density at radius 3 is 2.61 bits per heavy atom. The zero-order chi connectivity index (χ0) is 13.4. The van der Waals surface area contributed by atoms with Gasteiger partial charge in [0.1, 0.15) is 4.75 Å². The van der Waals surface area contributed by atoms with Crippen LogP contribution in [0.2, 0.25) is 0 Å². The molecular weight excluding hydrogens is 248 g/mol. The number of hydrogen-bond acceptors (Lipinski definition) is 5. The van der Waals surface area contributed by atoms with E-state index in [9.17, 15) is 4.79 Å². The standard InChI is InChI=1S/C12H18N4OS/c1-18-12(10-14)3-7-16(8-4-12)9-11(17)15-6-2-5-13/h2-4,6-9H2,1H3,(H,15,17). The van der Waals surface area contributed by atoms with Crippen molar-refractivity contribution in [2.24, 2.45) is 0 Å². The Kier molecular flexibility index (Phi) is 5.97. The van der Waals surface area contributed by atoms with Crippen LogP contribution in [0.25, 0.3) is 0 Å².